The van der Waals surface area contributed by atoms with Gasteiger partial charge in [0.25, 0.3) is 0 Å². The van der Waals surface area contributed by atoms with E-state index in [-0.39, 0.29) is 0 Å². The molecule has 0 aromatic rings. The molecule has 0 radical (unpaired) electrons. The summed E-state index contributed by atoms with van der Waals surface area (Å²) in [5, 5.41) is 4.88. The highest BCUT2D eigenvalue weighted by atomic mass is 19.4. The fourth-order valence-corrected chi connectivity index (χ4v) is 1.09. The SMILES string of the molecule is CC(NC(=O)COCC(F)(F)F)C(=O)NC(C)(C)C. The maximum atomic E-state index is 11.8. The number of carbonyl (C=O) groups is 2. The topological polar surface area (TPSA) is 67.4 Å². The Bertz CT molecular complexity index is 324. The highest BCUT2D eigenvalue weighted by molar-refractivity contribution is 5.88. The molecule has 1 unspecified atom stereocenters. The first-order chi connectivity index (χ1) is 8.41. The average molecular weight is 284 g/mol. The van der Waals surface area contributed by atoms with Crippen molar-refractivity contribution >= 4 is 11.8 Å². The van der Waals surface area contributed by atoms with Crippen LogP contribution < -0.4 is 10.6 Å². The van der Waals surface area contributed by atoms with E-state index in [1.807, 2.05) is 0 Å². The molecule has 112 valence electrons. The van der Waals surface area contributed by atoms with Crippen LogP contribution in [0, 0.1) is 0 Å². The third kappa shape index (κ3) is 10.3. The molecular weight excluding hydrogens is 265 g/mol. The molecule has 0 saturated heterocycles. The summed E-state index contributed by atoms with van der Waals surface area (Å²) in [6, 6.07) is -0.846. The standard InChI is InChI=1S/C11H19F3N2O3/c1-7(9(18)16-10(2,3)4)15-8(17)5-19-6-11(12,13)14/h7H,5-6H2,1-4H3,(H,15,17)(H,16,18). The molecule has 5 nitrogen and oxygen atoms in total. The molecule has 2 amide bonds. The lowest BCUT2D eigenvalue weighted by molar-refractivity contribution is -0.175. The summed E-state index contributed by atoms with van der Waals surface area (Å²) >= 11 is 0. The zero-order valence-electron chi connectivity index (χ0n) is 11.4. The van der Waals surface area contributed by atoms with E-state index in [9.17, 15) is 22.8 Å². The van der Waals surface area contributed by atoms with Gasteiger partial charge in [0.1, 0.15) is 19.3 Å². The van der Waals surface area contributed by atoms with Gasteiger partial charge in [-0.15, -0.1) is 0 Å². The highest BCUT2D eigenvalue weighted by Gasteiger charge is 2.28. The molecule has 0 saturated carbocycles. The number of halogens is 3. The fraction of sp³-hybridized carbons (Fsp3) is 0.818. The van der Waals surface area contributed by atoms with Gasteiger partial charge >= 0.3 is 6.18 Å². The normalized spacial score (nSPS) is 13.8. The number of hydrogen-bond donors (Lipinski definition) is 2. The maximum Gasteiger partial charge on any atom is 0.411 e. The van der Waals surface area contributed by atoms with Gasteiger partial charge < -0.3 is 15.4 Å². The van der Waals surface area contributed by atoms with Crippen molar-refractivity contribution in [3.05, 3.63) is 0 Å². The van der Waals surface area contributed by atoms with Gasteiger partial charge in [-0.25, -0.2) is 0 Å². The molecule has 0 aliphatic carbocycles. The van der Waals surface area contributed by atoms with Crippen LogP contribution in [0.25, 0.3) is 0 Å². The van der Waals surface area contributed by atoms with Crippen molar-refractivity contribution in [3.8, 4) is 0 Å². The number of carbonyl (C=O) groups excluding carboxylic acids is 2. The number of nitrogens with one attached hydrogen (secondary N) is 2. The molecule has 0 aliphatic heterocycles. The summed E-state index contributed by atoms with van der Waals surface area (Å²) in [5.74, 6) is -1.20. The Kier molecular flexibility index (Phi) is 6.28. The molecule has 2 N–H and O–H groups in total. The molecule has 0 rings (SSSR count). The van der Waals surface area contributed by atoms with E-state index in [0.717, 1.165) is 0 Å². The highest BCUT2D eigenvalue weighted by Crippen LogP contribution is 2.14. The minimum Gasteiger partial charge on any atom is -0.362 e. The number of hydrogen-bond acceptors (Lipinski definition) is 3. The lowest BCUT2D eigenvalue weighted by atomic mass is 10.1. The van der Waals surface area contributed by atoms with Gasteiger partial charge in [0.15, 0.2) is 0 Å². The predicted octanol–water partition coefficient (Wildman–Crippen LogP) is 0.985. The lowest BCUT2D eigenvalue weighted by Gasteiger charge is -2.23. The lowest BCUT2D eigenvalue weighted by Crippen LogP contribution is -2.51. The van der Waals surface area contributed by atoms with E-state index in [1.165, 1.54) is 6.92 Å². The Morgan fingerprint density at radius 1 is 1.21 bits per heavy atom. The second kappa shape index (κ2) is 6.74. The first-order valence-electron chi connectivity index (χ1n) is 5.66. The molecule has 0 fully saturated rings. The summed E-state index contributed by atoms with van der Waals surface area (Å²) in [5.41, 5.74) is -0.456. The van der Waals surface area contributed by atoms with Crippen LogP contribution >= 0.6 is 0 Å². The number of ether oxygens (including phenoxy) is 1. The Balaban J connectivity index is 4.02. The largest absolute Gasteiger partial charge is 0.411 e. The summed E-state index contributed by atoms with van der Waals surface area (Å²) in [6.45, 7) is 4.50. The zero-order valence-corrected chi connectivity index (χ0v) is 11.4. The van der Waals surface area contributed by atoms with Crippen LogP contribution in [-0.4, -0.2) is 42.8 Å². The van der Waals surface area contributed by atoms with E-state index in [1.54, 1.807) is 20.8 Å². The van der Waals surface area contributed by atoms with Crippen molar-refractivity contribution in [2.45, 2.75) is 45.5 Å². The molecule has 0 aromatic heterocycles. The van der Waals surface area contributed by atoms with Crippen molar-refractivity contribution in [1.29, 1.82) is 0 Å². The minimum atomic E-state index is -4.48. The molecule has 0 aromatic carbocycles. The van der Waals surface area contributed by atoms with Crippen LogP contribution in [0.2, 0.25) is 0 Å². The van der Waals surface area contributed by atoms with E-state index in [2.05, 4.69) is 15.4 Å². The zero-order chi connectivity index (χ0) is 15.3. The van der Waals surface area contributed by atoms with E-state index in [4.69, 9.17) is 0 Å². The van der Waals surface area contributed by atoms with Crippen molar-refractivity contribution in [3.63, 3.8) is 0 Å². The molecule has 1 atom stereocenters. The molecule has 0 bridgehead atoms. The summed E-state index contributed by atoms with van der Waals surface area (Å²) in [6.07, 6.45) is -4.48. The molecule has 0 heterocycles. The van der Waals surface area contributed by atoms with Gasteiger partial charge in [-0.05, 0) is 27.7 Å². The van der Waals surface area contributed by atoms with Gasteiger partial charge in [-0.2, -0.15) is 13.2 Å². The van der Waals surface area contributed by atoms with Crippen molar-refractivity contribution in [1.82, 2.24) is 10.6 Å². The monoisotopic (exact) mass is 284 g/mol. The molecule has 19 heavy (non-hydrogen) atoms. The Hall–Kier alpha value is -1.31. The van der Waals surface area contributed by atoms with Crippen LogP contribution in [0.15, 0.2) is 0 Å². The first kappa shape index (κ1) is 17.7. The van der Waals surface area contributed by atoms with Crippen LogP contribution in [0.3, 0.4) is 0 Å². The second-order valence-corrected chi connectivity index (χ2v) is 5.14. The molecule has 0 spiro atoms. The van der Waals surface area contributed by atoms with Crippen molar-refractivity contribution in [2.75, 3.05) is 13.2 Å². The van der Waals surface area contributed by atoms with Gasteiger partial charge in [0.05, 0.1) is 0 Å². The smallest absolute Gasteiger partial charge is 0.362 e. The second-order valence-electron chi connectivity index (χ2n) is 5.14. The summed E-state index contributed by atoms with van der Waals surface area (Å²) in [4.78, 5) is 22.8. The van der Waals surface area contributed by atoms with Gasteiger partial charge in [0, 0.05) is 5.54 Å². The third-order valence-corrected chi connectivity index (χ3v) is 1.77. The van der Waals surface area contributed by atoms with Crippen LogP contribution in [0.5, 0.6) is 0 Å². The third-order valence-electron chi connectivity index (χ3n) is 1.77. The van der Waals surface area contributed by atoms with E-state index in [0.29, 0.717) is 0 Å². The van der Waals surface area contributed by atoms with Crippen molar-refractivity contribution < 1.29 is 27.5 Å². The number of alkyl halides is 3. The molecular formula is C11H19F3N2O3. The van der Waals surface area contributed by atoms with Gasteiger partial charge in [-0.1, -0.05) is 0 Å². The van der Waals surface area contributed by atoms with E-state index >= 15 is 0 Å². The van der Waals surface area contributed by atoms with Crippen LogP contribution in [0.4, 0.5) is 13.2 Å². The maximum absolute atomic E-state index is 11.8. The van der Waals surface area contributed by atoms with Crippen LogP contribution in [0.1, 0.15) is 27.7 Å². The summed E-state index contributed by atoms with van der Waals surface area (Å²) in [7, 11) is 0. The predicted molar refractivity (Wildman–Crippen MR) is 62.4 cm³/mol. The number of amides is 2. The Morgan fingerprint density at radius 2 is 1.74 bits per heavy atom. The molecule has 0 aliphatic rings. The average Bonchev–Trinajstić information content (AvgIpc) is 2.12. The fourth-order valence-electron chi connectivity index (χ4n) is 1.09. The summed E-state index contributed by atoms with van der Waals surface area (Å²) < 4.78 is 39.5. The quantitative estimate of drug-likeness (QED) is 0.791. The van der Waals surface area contributed by atoms with Gasteiger partial charge in [-0.3, -0.25) is 9.59 Å². The first-order valence-corrected chi connectivity index (χ1v) is 5.66. The molecule has 8 heteroatoms. The van der Waals surface area contributed by atoms with Gasteiger partial charge in [0.2, 0.25) is 11.8 Å². The number of rotatable bonds is 5. The van der Waals surface area contributed by atoms with E-state index < -0.39 is 42.8 Å². The van der Waals surface area contributed by atoms with Crippen LogP contribution in [-0.2, 0) is 14.3 Å². The van der Waals surface area contributed by atoms with Crippen molar-refractivity contribution in [2.24, 2.45) is 0 Å². The Morgan fingerprint density at radius 3 is 2.16 bits per heavy atom. The minimum absolute atomic E-state index is 0.420. The Labute approximate surface area is 109 Å².